The van der Waals surface area contributed by atoms with Crippen molar-refractivity contribution in [3.63, 3.8) is 0 Å². The molecule has 2 rings (SSSR count). The van der Waals surface area contributed by atoms with Gasteiger partial charge in [0, 0.05) is 26.4 Å². The summed E-state index contributed by atoms with van der Waals surface area (Å²) in [7, 11) is -1.14. The minimum Gasteiger partial charge on any atom is -0.465 e. The van der Waals surface area contributed by atoms with Gasteiger partial charge in [0.05, 0.1) is 17.9 Å². The van der Waals surface area contributed by atoms with Gasteiger partial charge in [-0.2, -0.15) is 5.10 Å². The number of carbonyl (C=O) groups is 1. The molecule has 0 aliphatic carbocycles. The summed E-state index contributed by atoms with van der Waals surface area (Å²) >= 11 is 0. The molecule has 2 heterocycles. The molecule has 4 N–H and O–H groups in total. The standard InChI is InChI=1S/C19H29N5O3Si/c1-5-6-16(23-19(25)26)17-11-14(7-8-21-17)15-12-22-24(18(15)20)13-27-9-10-28(2,3)4/h5,7-8,11-12,16,23H,1,6,9-10,13,20H2,2-4H3,(H,25,26). The number of hydrogen-bond acceptors (Lipinski definition) is 5. The number of nitrogens with zero attached hydrogens (tertiary/aromatic N) is 3. The maximum absolute atomic E-state index is 11.0. The number of anilines is 1. The van der Waals surface area contributed by atoms with Gasteiger partial charge in [-0.3, -0.25) is 4.98 Å². The Balaban J connectivity index is 2.14. The van der Waals surface area contributed by atoms with Gasteiger partial charge < -0.3 is 20.9 Å². The Morgan fingerprint density at radius 2 is 2.25 bits per heavy atom. The molecule has 9 heteroatoms. The van der Waals surface area contributed by atoms with Crippen LogP contribution >= 0.6 is 0 Å². The third-order valence-corrected chi connectivity index (χ3v) is 5.94. The quantitative estimate of drug-likeness (QED) is 0.316. The molecule has 8 nitrogen and oxygen atoms in total. The largest absolute Gasteiger partial charge is 0.465 e. The summed E-state index contributed by atoms with van der Waals surface area (Å²) in [4.78, 5) is 15.3. The lowest BCUT2D eigenvalue weighted by Gasteiger charge is -2.16. The van der Waals surface area contributed by atoms with Gasteiger partial charge in [0.1, 0.15) is 12.5 Å². The van der Waals surface area contributed by atoms with Gasteiger partial charge in [0.25, 0.3) is 0 Å². The van der Waals surface area contributed by atoms with Crippen molar-refractivity contribution in [1.82, 2.24) is 20.1 Å². The van der Waals surface area contributed by atoms with Crippen molar-refractivity contribution in [1.29, 1.82) is 0 Å². The van der Waals surface area contributed by atoms with Crippen molar-refractivity contribution in [2.45, 2.75) is 44.9 Å². The Labute approximate surface area is 166 Å². The molecule has 0 radical (unpaired) electrons. The lowest BCUT2D eigenvalue weighted by Crippen LogP contribution is -2.27. The molecule has 0 spiro atoms. The van der Waals surface area contributed by atoms with E-state index in [2.05, 4.69) is 41.6 Å². The monoisotopic (exact) mass is 403 g/mol. The summed E-state index contributed by atoms with van der Waals surface area (Å²) in [6.45, 7) is 11.6. The van der Waals surface area contributed by atoms with Crippen molar-refractivity contribution in [2.24, 2.45) is 0 Å². The average molecular weight is 404 g/mol. The number of aromatic nitrogens is 3. The zero-order valence-electron chi connectivity index (χ0n) is 16.7. The predicted octanol–water partition coefficient (Wildman–Crippen LogP) is 3.72. The molecule has 0 bridgehead atoms. The molecule has 0 saturated carbocycles. The zero-order valence-corrected chi connectivity index (χ0v) is 17.7. The zero-order chi connectivity index (χ0) is 20.7. The van der Waals surface area contributed by atoms with Gasteiger partial charge >= 0.3 is 6.09 Å². The summed E-state index contributed by atoms with van der Waals surface area (Å²) in [5.74, 6) is 0.497. The number of carboxylic acid groups (broad SMARTS) is 1. The van der Waals surface area contributed by atoms with Crippen LogP contribution in [-0.4, -0.2) is 40.6 Å². The number of nitrogens with one attached hydrogen (secondary N) is 1. The van der Waals surface area contributed by atoms with E-state index in [1.54, 1.807) is 23.2 Å². The molecule has 0 saturated heterocycles. The highest BCUT2D eigenvalue weighted by Crippen LogP contribution is 2.28. The average Bonchev–Trinajstić information content (AvgIpc) is 2.98. The van der Waals surface area contributed by atoms with E-state index >= 15 is 0 Å². The van der Waals surface area contributed by atoms with Crippen molar-refractivity contribution in [2.75, 3.05) is 12.3 Å². The number of amides is 1. The Morgan fingerprint density at radius 1 is 1.50 bits per heavy atom. The molecule has 0 fully saturated rings. The number of pyridine rings is 1. The molecule has 28 heavy (non-hydrogen) atoms. The molecule has 1 unspecified atom stereocenters. The van der Waals surface area contributed by atoms with E-state index in [9.17, 15) is 4.79 Å². The Bertz CT molecular complexity index is 816. The van der Waals surface area contributed by atoms with E-state index in [0.717, 1.165) is 17.2 Å². The lowest BCUT2D eigenvalue weighted by molar-refractivity contribution is 0.0802. The van der Waals surface area contributed by atoms with E-state index < -0.39 is 20.2 Å². The molecular formula is C19H29N5O3Si. The molecule has 1 amide bonds. The normalized spacial score (nSPS) is 12.5. The van der Waals surface area contributed by atoms with Crippen molar-refractivity contribution in [3.05, 3.63) is 42.9 Å². The van der Waals surface area contributed by atoms with Crippen molar-refractivity contribution >= 4 is 20.0 Å². The molecule has 0 aromatic carbocycles. The first-order valence-electron chi connectivity index (χ1n) is 9.17. The number of hydrogen-bond donors (Lipinski definition) is 3. The molecule has 2 aromatic rings. The fourth-order valence-electron chi connectivity index (χ4n) is 2.63. The SMILES string of the molecule is C=CCC(NC(=O)O)c1cc(-c2cnn(COCC[Si](C)(C)C)c2N)ccn1. The molecule has 0 aliphatic rings. The molecule has 2 aromatic heterocycles. The molecular weight excluding hydrogens is 374 g/mol. The van der Waals surface area contributed by atoms with Gasteiger partial charge in [-0.15, -0.1) is 6.58 Å². The highest BCUT2D eigenvalue weighted by molar-refractivity contribution is 6.76. The van der Waals surface area contributed by atoms with E-state index in [4.69, 9.17) is 15.6 Å². The third kappa shape index (κ3) is 6.21. The summed E-state index contributed by atoms with van der Waals surface area (Å²) in [6, 6.07) is 4.24. The van der Waals surface area contributed by atoms with Crippen LogP contribution in [0.5, 0.6) is 0 Å². The van der Waals surface area contributed by atoms with Gasteiger partial charge in [-0.1, -0.05) is 25.7 Å². The van der Waals surface area contributed by atoms with Crippen molar-refractivity contribution in [3.8, 4) is 11.1 Å². The maximum atomic E-state index is 11.0. The van der Waals surface area contributed by atoms with Gasteiger partial charge in [0.15, 0.2) is 0 Å². The van der Waals surface area contributed by atoms with Crippen molar-refractivity contribution < 1.29 is 14.6 Å². The van der Waals surface area contributed by atoms with Crippen LogP contribution < -0.4 is 11.1 Å². The summed E-state index contributed by atoms with van der Waals surface area (Å²) < 4.78 is 7.34. The predicted molar refractivity (Wildman–Crippen MR) is 113 cm³/mol. The van der Waals surface area contributed by atoms with Crippen LogP contribution in [0.3, 0.4) is 0 Å². The number of nitrogens with two attached hydrogens (primary N) is 1. The smallest absolute Gasteiger partial charge is 0.405 e. The lowest BCUT2D eigenvalue weighted by atomic mass is 10.0. The van der Waals surface area contributed by atoms with Crippen LogP contribution in [0, 0.1) is 0 Å². The minimum absolute atomic E-state index is 0.300. The van der Waals surface area contributed by atoms with E-state index in [0.29, 0.717) is 31.3 Å². The molecule has 152 valence electrons. The topological polar surface area (TPSA) is 115 Å². The Kier molecular flexibility index (Phi) is 7.36. The van der Waals surface area contributed by atoms with E-state index in [-0.39, 0.29) is 0 Å². The van der Waals surface area contributed by atoms with E-state index in [1.807, 2.05) is 12.1 Å². The van der Waals surface area contributed by atoms with E-state index in [1.165, 1.54) is 0 Å². The second kappa shape index (κ2) is 9.51. The number of nitrogen functional groups attached to an aromatic ring is 1. The number of rotatable bonds is 10. The Morgan fingerprint density at radius 3 is 2.89 bits per heavy atom. The highest BCUT2D eigenvalue weighted by Gasteiger charge is 2.17. The fourth-order valence-corrected chi connectivity index (χ4v) is 3.38. The first-order chi connectivity index (χ1) is 13.2. The number of ether oxygens (including phenoxy) is 1. The maximum Gasteiger partial charge on any atom is 0.405 e. The van der Waals surface area contributed by atoms with Gasteiger partial charge in [0.2, 0.25) is 0 Å². The second-order valence-corrected chi connectivity index (χ2v) is 13.4. The first-order valence-corrected chi connectivity index (χ1v) is 12.9. The third-order valence-electron chi connectivity index (χ3n) is 4.24. The van der Waals surface area contributed by atoms with Gasteiger partial charge in [-0.05, 0) is 30.2 Å². The highest BCUT2D eigenvalue weighted by atomic mass is 28.3. The van der Waals surface area contributed by atoms with Crippen LogP contribution in [0.2, 0.25) is 25.7 Å². The minimum atomic E-state index is -1.14. The molecule has 0 aliphatic heterocycles. The van der Waals surface area contributed by atoms with Gasteiger partial charge in [-0.25, -0.2) is 9.48 Å². The summed E-state index contributed by atoms with van der Waals surface area (Å²) in [5.41, 5.74) is 8.42. The van der Waals surface area contributed by atoms with Crippen LogP contribution in [0.15, 0.2) is 37.2 Å². The first kappa shape index (κ1) is 21.6. The second-order valence-electron chi connectivity index (χ2n) is 7.79. The van der Waals surface area contributed by atoms with Crippen LogP contribution in [0.1, 0.15) is 18.2 Å². The van der Waals surface area contributed by atoms with Crippen LogP contribution in [0.25, 0.3) is 11.1 Å². The summed E-state index contributed by atoms with van der Waals surface area (Å²) in [5, 5.41) is 15.8. The fraction of sp³-hybridized carbons (Fsp3) is 0.421. The molecule has 1 atom stereocenters. The summed E-state index contributed by atoms with van der Waals surface area (Å²) in [6.07, 6.45) is 4.29. The van der Waals surface area contributed by atoms with Crippen LogP contribution in [-0.2, 0) is 11.5 Å². The Hall–Kier alpha value is -2.65. The van der Waals surface area contributed by atoms with Crippen LogP contribution in [0.4, 0.5) is 10.6 Å².